The number of hydrogen-bond donors (Lipinski definition) is 2. The second-order valence-electron chi connectivity index (χ2n) is 6.53. The maximum Gasteiger partial charge on any atom is 0.240 e. The fourth-order valence-corrected chi connectivity index (χ4v) is 3.19. The van der Waals surface area contributed by atoms with Crippen LogP contribution >= 0.6 is 0 Å². The van der Waals surface area contributed by atoms with Crippen LogP contribution in [0.25, 0.3) is 0 Å². The van der Waals surface area contributed by atoms with E-state index in [4.69, 9.17) is 5.73 Å². The Bertz CT molecular complexity index is 486. The normalized spacial score (nSPS) is 27.4. The fraction of sp³-hybridized carbons (Fsp3) is 0.588. The Morgan fingerprint density at radius 3 is 2.57 bits per heavy atom. The number of carbonyl (C=O) groups is 1. The van der Waals surface area contributed by atoms with Gasteiger partial charge in [-0.3, -0.25) is 4.79 Å². The maximum atomic E-state index is 12.6. The van der Waals surface area contributed by atoms with Crippen LogP contribution in [0.1, 0.15) is 32.8 Å². The van der Waals surface area contributed by atoms with Gasteiger partial charge >= 0.3 is 0 Å². The maximum absolute atomic E-state index is 12.6. The van der Waals surface area contributed by atoms with E-state index in [0.29, 0.717) is 18.3 Å². The zero-order valence-corrected chi connectivity index (χ0v) is 13.1. The number of benzene rings is 1. The summed E-state index contributed by atoms with van der Waals surface area (Å²) in [5.74, 6) is 1.31. The molecule has 1 aliphatic heterocycles. The number of amides is 1. The van der Waals surface area contributed by atoms with Gasteiger partial charge in [0.05, 0.1) is 6.04 Å². The highest BCUT2D eigenvalue weighted by Gasteiger charge is 2.33. The first-order valence-corrected chi connectivity index (χ1v) is 7.72. The van der Waals surface area contributed by atoms with Crippen molar-refractivity contribution in [2.45, 2.75) is 45.7 Å². The predicted octanol–water partition coefficient (Wildman–Crippen LogP) is 2.16. The molecule has 2 rings (SSSR count). The lowest BCUT2D eigenvalue weighted by molar-refractivity contribution is -0.138. The van der Waals surface area contributed by atoms with E-state index in [0.717, 1.165) is 18.5 Å². The lowest BCUT2D eigenvalue weighted by Crippen LogP contribution is -2.54. The SMILES string of the molecule is CC1CC(C)C(C)N(C(=O)[C@@H](N)Cc2ccc(O)cc2)C1. The van der Waals surface area contributed by atoms with Crippen molar-refractivity contribution in [1.29, 1.82) is 0 Å². The van der Waals surface area contributed by atoms with Gasteiger partial charge < -0.3 is 15.7 Å². The van der Waals surface area contributed by atoms with Crippen LogP contribution in [0, 0.1) is 11.8 Å². The third-order valence-corrected chi connectivity index (χ3v) is 4.59. The third-order valence-electron chi connectivity index (χ3n) is 4.59. The topological polar surface area (TPSA) is 66.6 Å². The molecule has 3 N–H and O–H groups in total. The number of phenolic OH excluding ortho intramolecular Hbond substituents is 1. The van der Waals surface area contributed by atoms with E-state index in [1.165, 1.54) is 0 Å². The molecule has 1 saturated heterocycles. The molecule has 1 aliphatic rings. The first kappa shape index (κ1) is 15.8. The average molecular weight is 290 g/mol. The molecule has 0 aliphatic carbocycles. The van der Waals surface area contributed by atoms with Crippen LogP contribution in [0.2, 0.25) is 0 Å². The summed E-state index contributed by atoms with van der Waals surface area (Å²) in [6.45, 7) is 7.30. The Morgan fingerprint density at radius 2 is 1.95 bits per heavy atom. The Kier molecular flexibility index (Phi) is 4.88. The molecule has 4 heteroatoms. The van der Waals surface area contributed by atoms with E-state index < -0.39 is 6.04 Å². The highest BCUT2D eigenvalue weighted by molar-refractivity contribution is 5.82. The molecular weight excluding hydrogens is 264 g/mol. The molecule has 3 unspecified atom stereocenters. The van der Waals surface area contributed by atoms with Gasteiger partial charge in [-0.25, -0.2) is 0 Å². The second kappa shape index (κ2) is 6.48. The smallest absolute Gasteiger partial charge is 0.240 e. The van der Waals surface area contributed by atoms with Crippen molar-refractivity contribution in [2.24, 2.45) is 17.6 Å². The molecular formula is C17H26N2O2. The highest BCUT2D eigenvalue weighted by Crippen LogP contribution is 2.27. The van der Waals surface area contributed by atoms with Crippen LogP contribution in [0.4, 0.5) is 0 Å². The molecule has 116 valence electrons. The molecule has 0 radical (unpaired) electrons. The molecule has 4 nitrogen and oxygen atoms in total. The molecule has 4 atom stereocenters. The number of rotatable bonds is 3. The Labute approximate surface area is 126 Å². The lowest BCUT2D eigenvalue weighted by atomic mass is 9.85. The van der Waals surface area contributed by atoms with E-state index in [-0.39, 0.29) is 17.7 Å². The van der Waals surface area contributed by atoms with Gasteiger partial charge in [0.25, 0.3) is 0 Å². The molecule has 1 fully saturated rings. The van der Waals surface area contributed by atoms with Crippen LogP contribution in [0.15, 0.2) is 24.3 Å². The number of aromatic hydroxyl groups is 1. The Morgan fingerprint density at radius 1 is 1.33 bits per heavy atom. The number of nitrogens with two attached hydrogens (primary N) is 1. The van der Waals surface area contributed by atoms with Crippen LogP contribution < -0.4 is 5.73 Å². The number of phenols is 1. The zero-order chi connectivity index (χ0) is 15.6. The number of carbonyl (C=O) groups excluding carboxylic acids is 1. The lowest BCUT2D eigenvalue weighted by Gasteiger charge is -2.42. The number of piperidine rings is 1. The minimum Gasteiger partial charge on any atom is -0.508 e. The van der Waals surface area contributed by atoms with Crippen LogP contribution in [-0.2, 0) is 11.2 Å². The molecule has 0 spiro atoms. The molecule has 0 aromatic heterocycles. The number of nitrogens with zero attached hydrogens (tertiary/aromatic N) is 1. The summed E-state index contributed by atoms with van der Waals surface area (Å²) >= 11 is 0. The summed E-state index contributed by atoms with van der Waals surface area (Å²) in [6.07, 6.45) is 1.67. The quantitative estimate of drug-likeness (QED) is 0.896. The van der Waals surface area contributed by atoms with Gasteiger partial charge in [0.1, 0.15) is 5.75 Å². The van der Waals surface area contributed by atoms with Gasteiger partial charge in [-0.1, -0.05) is 26.0 Å². The van der Waals surface area contributed by atoms with E-state index in [1.807, 2.05) is 17.0 Å². The molecule has 1 heterocycles. The summed E-state index contributed by atoms with van der Waals surface area (Å²) in [4.78, 5) is 14.6. The molecule has 0 saturated carbocycles. The van der Waals surface area contributed by atoms with Gasteiger partial charge in [0.2, 0.25) is 5.91 Å². The van der Waals surface area contributed by atoms with Gasteiger partial charge in [0.15, 0.2) is 0 Å². The van der Waals surface area contributed by atoms with E-state index >= 15 is 0 Å². The summed E-state index contributed by atoms with van der Waals surface area (Å²) < 4.78 is 0. The van der Waals surface area contributed by atoms with E-state index in [9.17, 15) is 9.90 Å². The van der Waals surface area contributed by atoms with Crippen molar-refractivity contribution in [2.75, 3.05) is 6.54 Å². The Hall–Kier alpha value is -1.55. The second-order valence-corrected chi connectivity index (χ2v) is 6.53. The van der Waals surface area contributed by atoms with Crippen molar-refractivity contribution in [1.82, 2.24) is 4.90 Å². The first-order chi connectivity index (χ1) is 9.88. The zero-order valence-electron chi connectivity index (χ0n) is 13.1. The fourth-order valence-electron chi connectivity index (χ4n) is 3.19. The van der Waals surface area contributed by atoms with Gasteiger partial charge in [-0.2, -0.15) is 0 Å². The largest absolute Gasteiger partial charge is 0.508 e. The van der Waals surface area contributed by atoms with Crippen molar-refractivity contribution in [3.05, 3.63) is 29.8 Å². The van der Waals surface area contributed by atoms with E-state index in [1.54, 1.807) is 12.1 Å². The minimum atomic E-state index is -0.519. The van der Waals surface area contributed by atoms with Crippen molar-refractivity contribution in [3.8, 4) is 5.75 Å². The number of hydrogen-bond acceptors (Lipinski definition) is 3. The highest BCUT2D eigenvalue weighted by atomic mass is 16.3. The van der Waals surface area contributed by atoms with Gasteiger partial charge in [-0.15, -0.1) is 0 Å². The molecule has 0 bridgehead atoms. The van der Waals surface area contributed by atoms with Crippen molar-refractivity contribution >= 4 is 5.91 Å². The van der Waals surface area contributed by atoms with Crippen LogP contribution in [0.3, 0.4) is 0 Å². The standard InChI is InChI=1S/C17H26N2O2/c1-11-8-12(2)13(3)19(10-11)17(21)16(18)9-14-4-6-15(20)7-5-14/h4-7,11-13,16,20H,8-10,18H2,1-3H3/t11?,12?,13?,16-/m0/s1. The summed E-state index contributed by atoms with van der Waals surface area (Å²) in [5, 5.41) is 9.29. The molecule has 1 aromatic carbocycles. The van der Waals surface area contributed by atoms with E-state index in [2.05, 4.69) is 20.8 Å². The van der Waals surface area contributed by atoms with Crippen LogP contribution in [0.5, 0.6) is 5.75 Å². The van der Waals surface area contributed by atoms with Gasteiger partial charge in [0, 0.05) is 12.6 Å². The van der Waals surface area contributed by atoms with Crippen molar-refractivity contribution in [3.63, 3.8) is 0 Å². The number of likely N-dealkylation sites (tertiary alicyclic amines) is 1. The summed E-state index contributed by atoms with van der Waals surface area (Å²) in [7, 11) is 0. The molecule has 1 amide bonds. The monoisotopic (exact) mass is 290 g/mol. The molecule has 1 aromatic rings. The third kappa shape index (κ3) is 3.76. The van der Waals surface area contributed by atoms with Crippen molar-refractivity contribution < 1.29 is 9.90 Å². The molecule has 21 heavy (non-hydrogen) atoms. The average Bonchev–Trinajstić information content (AvgIpc) is 2.44. The Balaban J connectivity index is 2.02. The summed E-state index contributed by atoms with van der Waals surface area (Å²) in [5.41, 5.74) is 7.09. The van der Waals surface area contributed by atoms with Gasteiger partial charge in [-0.05, 0) is 49.3 Å². The first-order valence-electron chi connectivity index (χ1n) is 7.72. The summed E-state index contributed by atoms with van der Waals surface area (Å²) in [6, 6.07) is 6.61. The van der Waals surface area contributed by atoms with Crippen LogP contribution in [-0.4, -0.2) is 34.5 Å². The predicted molar refractivity (Wildman–Crippen MR) is 83.9 cm³/mol. The minimum absolute atomic E-state index is 0.0361.